The standard InChI is InChI=1S/C13H9N3O2S/c17-12(16-13-15-5-6-19-13)10-3-1-9(2-4-10)11-7-14-8-18-11/h1-8H,(H,15,16,17). The van der Waals surface area contributed by atoms with Crippen LogP contribution in [0, 0.1) is 0 Å². The van der Waals surface area contributed by atoms with Crippen LogP contribution in [0.3, 0.4) is 0 Å². The van der Waals surface area contributed by atoms with Gasteiger partial charge in [-0.05, 0) is 12.1 Å². The summed E-state index contributed by atoms with van der Waals surface area (Å²) < 4.78 is 5.19. The van der Waals surface area contributed by atoms with Crippen LogP contribution in [-0.4, -0.2) is 15.9 Å². The van der Waals surface area contributed by atoms with Gasteiger partial charge in [0.2, 0.25) is 0 Å². The highest BCUT2D eigenvalue weighted by Gasteiger charge is 2.08. The molecule has 0 bridgehead atoms. The zero-order chi connectivity index (χ0) is 13.1. The number of nitrogens with zero attached hydrogens (tertiary/aromatic N) is 2. The number of nitrogens with one attached hydrogen (secondary N) is 1. The second-order valence-corrected chi connectivity index (χ2v) is 4.63. The second kappa shape index (κ2) is 5.03. The molecule has 0 saturated carbocycles. The van der Waals surface area contributed by atoms with Crippen molar-refractivity contribution in [2.75, 3.05) is 5.32 Å². The molecular weight excluding hydrogens is 262 g/mol. The lowest BCUT2D eigenvalue weighted by Crippen LogP contribution is -2.11. The van der Waals surface area contributed by atoms with E-state index in [1.54, 1.807) is 24.5 Å². The van der Waals surface area contributed by atoms with E-state index in [0.717, 1.165) is 5.56 Å². The van der Waals surface area contributed by atoms with Crippen molar-refractivity contribution < 1.29 is 9.21 Å². The number of oxazole rings is 1. The third-order valence-corrected chi connectivity index (χ3v) is 3.21. The molecule has 6 heteroatoms. The molecule has 0 fully saturated rings. The van der Waals surface area contributed by atoms with Gasteiger partial charge in [-0.2, -0.15) is 0 Å². The number of thiazole rings is 1. The monoisotopic (exact) mass is 271 g/mol. The summed E-state index contributed by atoms with van der Waals surface area (Å²) in [6.45, 7) is 0. The Hall–Kier alpha value is -2.47. The Morgan fingerprint density at radius 3 is 2.74 bits per heavy atom. The van der Waals surface area contributed by atoms with E-state index in [1.807, 2.05) is 17.5 Å². The van der Waals surface area contributed by atoms with Gasteiger partial charge in [0.25, 0.3) is 5.91 Å². The van der Waals surface area contributed by atoms with Crippen LogP contribution >= 0.6 is 11.3 Å². The molecule has 94 valence electrons. The van der Waals surface area contributed by atoms with E-state index in [0.29, 0.717) is 16.5 Å². The zero-order valence-electron chi connectivity index (χ0n) is 9.74. The van der Waals surface area contributed by atoms with Crippen LogP contribution in [0.15, 0.2) is 52.9 Å². The number of rotatable bonds is 3. The van der Waals surface area contributed by atoms with Gasteiger partial charge in [-0.1, -0.05) is 12.1 Å². The Balaban J connectivity index is 1.77. The number of benzene rings is 1. The van der Waals surface area contributed by atoms with Gasteiger partial charge >= 0.3 is 0 Å². The highest BCUT2D eigenvalue weighted by atomic mass is 32.1. The van der Waals surface area contributed by atoms with Gasteiger partial charge in [-0.25, -0.2) is 9.97 Å². The van der Waals surface area contributed by atoms with Gasteiger partial charge in [0.1, 0.15) is 0 Å². The number of amides is 1. The van der Waals surface area contributed by atoms with Gasteiger partial charge in [-0.3, -0.25) is 10.1 Å². The van der Waals surface area contributed by atoms with Crippen molar-refractivity contribution in [2.24, 2.45) is 0 Å². The number of carbonyl (C=O) groups is 1. The molecular formula is C13H9N3O2S. The largest absolute Gasteiger partial charge is 0.444 e. The smallest absolute Gasteiger partial charge is 0.257 e. The number of anilines is 1. The predicted molar refractivity (Wildman–Crippen MR) is 72.0 cm³/mol. The van der Waals surface area contributed by atoms with Crippen molar-refractivity contribution in [1.29, 1.82) is 0 Å². The predicted octanol–water partition coefficient (Wildman–Crippen LogP) is 3.05. The lowest BCUT2D eigenvalue weighted by Gasteiger charge is -2.02. The SMILES string of the molecule is O=C(Nc1nccs1)c1ccc(-c2cnco2)cc1. The van der Waals surface area contributed by atoms with E-state index in [4.69, 9.17) is 4.42 Å². The minimum atomic E-state index is -0.181. The maximum atomic E-state index is 11.9. The van der Waals surface area contributed by atoms with Crippen molar-refractivity contribution in [3.8, 4) is 11.3 Å². The van der Waals surface area contributed by atoms with Gasteiger partial charge < -0.3 is 4.42 Å². The summed E-state index contributed by atoms with van der Waals surface area (Å²) in [7, 11) is 0. The average Bonchev–Trinajstić information content (AvgIpc) is 3.12. The highest BCUT2D eigenvalue weighted by Crippen LogP contribution is 2.19. The number of hydrogen-bond acceptors (Lipinski definition) is 5. The first-order chi connectivity index (χ1) is 9.33. The molecule has 5 nitrogen and oxygen atoms in total. The molecule has 0 atom stereocenters. The first-order valence-corrected chi connectivity index (χ1v) is 6.41. The first kappa shape index (κ1) is 11.6. The summed E-state index contributed by atoms with van der Waals surface area (Å²) in [6.07, 6.45) is 4.65. The van der Waals surface area contributed by atoms with Crippen molar-refractivity contribution in [3.63, 3.8) is 0 Å². The van der Waals surface area contributed by atoms with Crippen LogP contribution in [0.1, 0.15) is 10.4 Å². The quantitative estimate of drug-likeness (QED) is 0.795. The number of carbonyl (C=O) groups excluding carboxylic acids is 1. The normalized spacial score (nSPS) is 10.3. The van der Waals surface area contributed by atoms with Crippen molar-refractivity contribution in [2.45, 2.75) is 0 Å². The maximum absolute atomic E-state index is 11.9. The Bertz CT molecular complexity index is 661. The van der Waals surface area contributed by atoms with Gasteiger partial charge in [0.15, 0.2) is 17.3 Å². The molecule has 1 amide bonds. The number of hydrogen-bond donors (Lipinski definition) is 1. The maximum Gasteiger partial charge on any atom is 0.257 e. The highest BCUT2D eigenvalue weighted by molar-refractivity contribution is 7.13. The Labute approximate surface area is 112 Å². The average molecular weight is 271 g/mol. The van der Waals surface area contributed by atoms with E-state index >= 15 is 0 Å². The van der Waals surface area contributed by atoms with E-state index in [-0.39, 0.29) is 5.91 Å². The van der Waals surface area contributed by atoms with Crippen LogP contribution in [0.4, 0.5) is 5.13 Å². The van der Waals surface area contributed by atoms with Crippen LogP contribution in [0.25, 0.3) is 11.3 Å². The lowest BCUT2D eigenvalue weighted by atomic mass is 10.1. The van der Waals surface area contributed by atoms with Gasteiger partial charge in [0, 0.05) is 22.7 Å². The van der Waals surface area contributed by atoms with Crippen molar-refractivity contribution >= 4 is 22.4 Å². The lowest BCUT2D eigenvalue weighted by molar-refractivity contribution is 0.102. The molecule has 1 N–H and O–H groups in total. The van der Waals surface area contributed by atoms with E-state index in [2.05, 4.69) is 15.3 Å². The summed E-state index contributed by atoms with van der Waals surface area (Å²) in [5, 5.41) is 5.12. The second-order valence-electron chi connectivity index (χ2n) is 3.73. The van der Waals surface area contributed by atoms with Crippen LogP contribution in [0.5, 0.6) is 0 Å². The fraction of sp³-hybridized carbons (Fsp3) is 0. The molecule has 2 heterocycles. The molecule has 0 unspecified atom stereocenters. The first-order valence-electron chi connectivity index (χ1n) is 5.53. The van der Waals surface area contributed by atoms with E-state index < -0.39 is 0 Å². The topological polar surface area (TPSA) is 68.0 Å². The summed E-state index contributed by atoms with van der Waals surface area (Å²) in [6, 6.07) is 7.11. The van der Waals surface area contributed by atoms with E-state index in [9.17, 15) is 4.79 Å². The molecule has 3 rings (SSSR count). The Morgan fingerprint density at radius 2 is 2.11 bits per heavy atom. The third kappa shape index (κ3) is 2.53. The molecule has 0 aliphatic carbocycles. The van der Waals surface area contributed by atoms with Gasteiger partial charge in [0.05, 0.1) is 6.20 Å². The third-order valence-electron chi connectivity index (χ3n) is 2.52. The molecule has 0 radical (unpaired) electrons. The molecule has 2 aromatic heterocycles. The van der Waals surface area contributed by atoms with Crippen LogP contribution in [0.2, 0.25) is 0 Å². The molecule has 0 saturated heterocycles. The molecule has 0 spiro atoms. The van der Waals surface area contributed by atoms with Crippen molar-refractivity contribution in [1.82, 2.24) is 9.97 Å². The van der Waals surface area contributed by atoms with Crippen LogP contribution < -0.4 is 5.32 Å². The zero-order valence-corrected chi connectivity index (χ0v) is 10.6. The Morgan fingerprint density at radius 1 is 1.26 bits per heavy atom. The van der Waals surface area contributed by atoms with E-state index in [1.165, 1.54) is 17.7 Å². The fourth-order valence-electron chi connectivity index (χ4n) is 1.60. The fourth-order valence-corrected chi connectivity index (χ4v) is 2.12. The summed E-state index contributed by atoms with van der Waals surface area (Å²) in [5.74, 6) is 0.492. The minimum absolute atomic E-state index is 0.181. The Kier molecular flexibility index (Phi) is 3.07. The minimum Gasteiger partial charge on any atom is -0.444 e. The van der Waals surface area contributed by atoms with Crippen molar-refractivity contribution in [3.05, 3.63) is 54.0 Å². The number of aromatic nitrogens is 2. The summed E-state index contributed by atoms with van der Waals surface area (Å²) >= 11 is 1.38. The molecule has 19 heavy (non-hydrogen) atoms. The molecule has 3 aromatic rings. The summed E-state index contributed by atoms with van der Waals surface area (Å²) in [4.78, 5) is 19.8. The molecule has 0 aliphatic rings. The summed E-state index contributed by atoms with van der Waals surface area (Å²) in [5.41, 5.74) is 1.45. The van der Waals surface area contributed by atoms with Crippen LogP contribution in [-0.2, 0) is 0 Å². The molecule has 0 aliphatic heterocycles. The molecule has 1 aromatic carbocycles. The van der Waals surface area contributed by atoms with Gasteiger partial charge in [-0.15, -0.1) is 11.3 Å².